The molecule has 2 rings (SSSR count). The standard InChI is InChI=1S/C15H25F3N2O.ClH/c1-10(19)11-5-7-20(8-6-11)14(21)12-3-2-4-13(9-12)15(16,17)18;/h10-13H,2-9,19H2,1H3;1H. The van der Waals surface area contributed by atoms with E-state index in [4.69, 9.17) is 5.73 Å². The lowest BCUT2D eigenvalue weighted by Crippen LogP contribution is -2.46. The fourth-order valence-electron chi connectivity index (χ4n) is 3.62. The number of nitrogens with zero attached hydrogens (tertiary/aromatic N) is 1. The second-order valence-corrected chi connectivity index (χ2v) is 6.62. The fourth-order valence-corrected chi connectivity index (χ4v) is 3.62. The molecule has 0 aromatic carbocycles. The zero-order valence-corrected chi connectivity index (χ0v) is 13.8. The first kappa shape index (κ1) is 19.6. The minimum Gasteiger partial charge on any atom is -0.342 e. The van der Waals surface area contributed by atoms with Gasteiger partial charge >= 0.3 is 6.18 Å². The van der Waals surface area contributed by atoms with Crippen molar-refractivity contribution in [3.63, 3.8) is 0 Å². The Hall–Kier alpha value is -0.490. The maximum Gasteiger partial charge on any atom is 0.391 e. The number of amides is 1. The molecule has 0 aromatic rings. The van der Waals surface area contributed by atoms with Crippen molar-refractivity contribution in [3.05, 3.63) is 0 Å². The van der Waals surface area contributed by atoms with Gasteiger partial charge in [-0.15, -0.1) is 12.4 Å². The third kappa shape index (κ3) is 4.75. The molecule has 1 saturated carbocycles. The molecule has 0 radical (unpaired) electrons. The van der Waals surface area contributed by atoms with Crippen molar-refractivity contribution in [2.45, 2.75) is 57.7 Å². The molecule has 1 amide bonds. The molecule has 1 saturated heterocycles. The number of likely N-dealkylation sites (tertiary alicyclic amines) is 1. The van der Waals surface area contributed by atoms with Gasteiger partial charge in [-0.2, -0.15) is 13.2 Å². The van der Waals surface area contributed by atoms with Crippen LogP contribution in [-0.4, -0.2) is 36.1 Å². The van der Waals surface area contributed by atoms with E-state index in [2.05, 4.69) is 0 Å². The van der Waals surface area contributed by atoms with E-state index in [1.165, 1.54) is 0 Å². The summed E-state index contributed by atoms with van der Waals surface area (Å²) in [5, 5.41) is 0. The molecule has 3 atom stereocenters. The Kier molecular flexibility index (Phi) is 6.99. The molecule has 0 spiro atoms. The quantitative estimate of drug-likeness (QED) is 0.836. The highest BCUT2D eigenvalue weighted by atomic mass is 35.5. The van der Waals surface area contributed by atoms with Crippen molar-refractivity contribution in [2.24, 2.45) is 23.5 Å². The molecule has 1 aliphatic carbocycles. The molecule has 2 aliphatic rings. The number of rotatable bonds is 2. The van der Waals surface area contributed by atoms with E-state index in [9.17, 15) is 18.0 Å². The van der Waals surface area contributed by atoms with Gasteiger partial charge in [-0.1, -0.05) is 6.42 Å². The Morgan fingerprint density at radius 2 is 1.77 bits per heavy atom. The van der Waals surface area contributed by atoms with Crippen LogP contribution >= 0.6 is 12.4 Å². The summed E-state index contributed by atoms with van der Waals surface area (Å²) in [6, 6.07) is 0.117. The van der Waals surface area contributed by atoms with E-state index in [1.54, 1.807) is 4.90 Å². The number of carbonyl (C=O) groups excluding carboxylic acids is 1. The predicted molar refractivity (Wildman–Crippen MR) is 81.7 cm³/mol. The monoisotopic (exact) mass is 342 g/mol. The van der Waals surface area contributed by atoms with Gasteiger partial charge in [0.25, 0.3) is 0 Å². The number of halogens is 4. The highest BCUT2D eigenvalue weighted by molar-refractivity contribution is 5.85. The Bertz CT molecular complexity index is 368. The van der Waals surface area contributed by atoms with Gasteiger partial charge in [-0.3, -0.25) is 4.79 Å². The third-order valence-electron chi connectivity index (χ3n) is 5.08. The minimum absolute atomic E-state index is 0. The summed E-state index contributed by atoms with van der Waals surface area (Å²) < 4.78 is 38.5. The second-order valence-electron chi connectivity index (χ2n) is 6.62. The van der Waals surface area contributed by atoms with Crippen LogP contribution in [0.2, 0.25) is 0 Å². The van der Waals surface area contributed by atoms with E-state index in [-0.39, 0.29) is 37.2 Å². The molecular weight excluding hydrogens is 317 g/mol. The van der Waals surface area contributed by atoms with Crippen LogP contribution in [0.4, 0.5) is 13.2 Å². The van der Waals surface area contributed by atoms with Crippen LogP contribution in [0.15, 0.2) is 0 Å². The van der Waals surface area contributed by atoms with Crippen LogP contribution in [0.3, 0.4) is 0 Å². The summed E-state index contributed by atoms with van der Waals surface area (Å²) in [5.74, 6) is -1.41. The Morgan fingerprint density at radius 3 is 2.27 bits per heavy atom. The van der Waals surface area contributed by atoms with Crippen molar-refractivity contribution < 1.29 is 18.0 Å². The van der Waals surface area contributed by atoms with Crippen molar-refractivity contribution in [2.75, 3.05) is 13.1 Å². The average Bonchev–Trinajstić information content (AvgIpc) is 2.46. The largest absolute Gasteiger partial charge is 0.391 e. The zero-order valence-electron chi connectivity index (χ0n) is 12.9. The van der Waals surface area contributed by atoms with E-state index < -0.39 is 18.0 Å². The number of alkyl halides is 3. The van der Waals surface area contributed by atoms with Crippen LogP contribution in [0, 0.1) is 17.8 Å². The van der Waals surface area contributed by atoms with Crippen LogP contribution in [0.1, 0.15) is 45.4 Å². The first-order chi connectivity index (χ1) is 9.79. The first-order valence-corrected chi connectivity index (χ1v) is 7.90. The van der Waals surface area contributed by atoms with Crippen LogP contribution in [0.25, 0.3) is 0 Å². The van der Waals surface area contributed by atoms with Crippen molar-refractivity contribution in [3.8, 4) is 0 Å². The smallest absolute Gasteiger partial charge is 0.342 e. The highest BCUT2D eigenvalue weighted by Crippen LogP contribution is 2.40. The maximum absolute atomic E-state index is 12.8. The number of piperidine rings is 1. The van der Waals surface area contributed by atoms with Gasteiger partial charge in [0.1, 0.15) is 0 Å². The SMILES string of the molecule is CC(N)C1CCN(C(=O)C2CCCC(C(F)(F)F)C2)CC1.Cl. The molecule has 3 unspecified atom stereocenters. The van der Waals surface area contributed by atoms with Gasteiger partial charge in [0.05, 0.1) is 5.92 Å². The van der Waals surface area contributed by atoms with E-state index in [1.807, 2.05) is 6.92 Å². The van der Waals surface area contributed by atoms with Crippen LogP contribution in [-0.2, 0) is 4.79 Å². The molecular formula is C15H26ClF3N2O. The summed E-state index contributed by atoms with van der Waals surface area (Å²) in [4.78, 5) is 14.2. The summed E-state index contributed by atoms with van der Waals surface area (Å²) in [5.41, 5.74) is 5.87. The summed E-state index contributed by atoms with van der Waals surface area (Å²) >= 11 is 0. The lowest BCUT2D eigenvalue weighted by atomic mass is 9.80. The lowest BCUT2D eigenvalue weighted by Gasteiger charge is -2.37. The average molecular weight is 343 g/mol. The molecule has 7 heteroatoms. The van der Waals surface area contributed by atoms with E-state index in [0.29, 0.717) is 31.8 Å². The fraction of sp³-hybridized carbons (Fsp3) is 0.933. The summed E-state index contributed by atoms with van der Waals surface area (Å²) in [6.07, 6.45) is -1.22. The lowest BCUT2D eigenvalue weighted by molar-refractivity contribution is -0.187. The number of hydrogen-bond acceptors (Lipinski definition) is 2. The van der Waals surface area contributed by atoms with Crippen molar-refractivity contribution >= 4 is 18.3 Å². The molecule has 3 nitrogen and oxygen atoms in total. The van der Waals surface area contributed by atoms with E-state index >= 15 is 0 Å². The Labute approximate surface area is 136 Å². The Morgan fingerprint density at radius 1 is 1.18 bits per heavy atom. The third-order valence-corrected chi connectivity index (χ3v) is 5.08. The molecule has 22 heavy (non-hydrogen) atoms. The molecule has 0 aromatic heterocycles. The van der Waals surface area contributed by atoms with Gasteiger partial charge in [0, 0.05) is 25.0 Å². The van der Waals surface area contributed by atoms with Crippen molar-refractivity contribution in [1.82, 2.24) is 4.90 Å². The first-order valence-electron chi connectivity index (χ1n) is 7.90. The van der Waals surface area contributed by atoms with Gasteiger partial charge in [-0.05, 0) is 44.9 Å². The van der Waals surface area contributed by atoms with Gasteiger partial charge in [-0.25, -0.2) is 0 Å². The maximum atomic E-state index is 12.8. The number of carbonyl (C=O) groups is 1. The number of hydrogen-bond donors (Lipinski definition) is 1. The summed E-state index contributed by atoms with van der Waals surface area (Å²) in [7, 11) is 0. The van der Waals surface area contributed by atoms with Crippen LogP contribution in [0.5, 0.6) is 0 Å². The molecule has 2 N–H and O–H groups in total. The summed E-state index contributed by atoms with van der Waals surface area (Å²) in [6.45, 7) is 3.24. The second kappa shape index (κ2) is 7.86. The zero-order chi connectivity index (χ0) is 15.6. The Balaban J connectivity index is 0.00000242. The molecule has 0 bridgehead atoms. The molecule has 130 valence electrons. The highest BCUT2D eigenvalue weighted by Gasteiger charge is 2.44. The molecule has 2 fully saturated rings. The normalized spacial score (nSPS) is 28.9. The van der Waals surface area contributed by atoms with Gasteiger partial charge in [0.2, 0.25) is 5.91 Å². The van der Waals surface area contributed by atoms with Crippen molar-refractivity contribution in [1.29, 1.82) is 0 Å². The molecule has 1 aliphatic heterocycles. The predicted octanol–water partition coefficient (Wildman–Crippen LogP) is 3.36. The van der Waals surface area contributed by atoms with Crippen LogP contribution < -0.4 is 5.73 Å². The number of nitrogens with two attached hydrogens (primary N) is 1. The van der Waals surface area contributed by atoms with Gasteiger partial charge in [0.15, 0.2) is 0 Å². The minimum atomic E-state index is -4.17. The van der Waals surface area contributed by atoms with Gasteiger partial charge < -0.3 is 10.6 Å². The molecule has 1 heterocycles. The van der Waals surface area contributed by atoms with E-state index in [0.717, 1.165) is 12.8 Å². The topological polar surface area (TPSA) is 46.3 Å².